The summed E-state index contributed by atoms with van der Waals surface area (Å²) < 4.78 is 19.4. The highest BCUT2D eigenvalue weighted by molar-refractivity contribution is 14.1. The number of halogens is 2. The molecule has 2 fully saturated rings. The zero-order chi connectivity index (χ0) is 12.7. The van der Waals surface area contributed by atoms with Crippen LogP contribution in [0.25, 0.3) is 0 Å². The second kappa shape index (κ2) is 4.77. The smallest absolute Gasteiger partial charge is 0.255 e. The molecule has 3 nitrogen and oxygen atoms in total. The zero-order valence-corrected chi connectivity index (χ0v) is 11.9. The van der Waals surface area contributed by atoms with Crippen LogP contribution in [0.3, 0.4) is 0 Å². The number of likely N-dealkylation sites (tertiary alicyclic amines) is 1. The molecule has 1 amide bonds. The van der Waals surface area contributed by atoms with Crippen LogP contribution in [0.4, 0.5) is 4.39 Å². The molecule has 5 heteroatoms. The van der Waals surface area contributed by atoms with Gasteiger partial charge in [-0.1, -0.05) is 0 Å². The highest BCUT2D eigenvalue weighted by atomic mass is 127. The van der Waals surface area contributed by atoms with Crippen molar-refractivity contribution in [3.63, 3.8) is 0 Å². The number of amides is 1. The van der Waals surface area contributed by atoms with Crippen LogP contribution in [0.2, 0.25) is 0 Å². The number of hydrogen-bond donors (Lipinski definition) is 0. The Hall–Kier alpha value is -0.690. The SMILES string of the molecule is O=C(c1ccc(F)cc1I)N1CC2CCC(C1)O2. The van der Waals surface area contributed by atoms with Gasteiger partial charge in [-0.2, -0.15) is 0 Å². The molecule has 0 radical (unpaired) electrons. The van der Waals surface area contributed by atoms with Gasteiger partial charge >= 0.3 is 0 Å². The monoisotopic (exact) mass is 361 g/mol. The highest BCUT2D eigenvalue weighted by Crippen LogP contribution is 2.27. The van der Waals surface area contributed by atoms with Crippen molar-refractivity contribution in [1.82, 2.24) is 4.90 Å². The molecule has 96 valence electrons. The quantitative estimate of drug-likeness (QED) is 0.720. The first-order valence-corrected chi connectivity index (χ1v) is 7.11. The van der Waals surface area contributed by atoms with Gasteiger partial charge in [-0.3, -0.25) is 4.79 Å². The Morgan fingerprint density at radius 2 is 2.00 bits per heavy atom. The maximum atomic E-state index is 13.0. The summed E-state index contributed by atoms with van der Waals surface area (Å²) >= 11 is 2.00. The first kappa shape index (κ1) is 12.3. The molecular formula is C13H13FINO2. The molecule has 2 atom stereocenters. The Bertz CT molecular complexity index is 482. The van der Waals surface area contributed by atoms with Gasteiger partial charge in [0.2, 0.25) is 0 Å². The lowest BCUT2D eigenvalue weighted by Crippen LogP contribution is -2.46. The van der Waals surface area contributed by atoms with E-state index in [0.717, 1.165) is 12.8 Å². The third-order valence-electron chi connectivity index (χ3n) is 3.49. The van der Waals surface area contributed by atoms with Crippen LogP contribution in [0.15, 0.2) is 18.2 Å². The van der Waals surface area contributed by atoms with Crippen molar-refractivity contribution in [1.29, 1.82) is 0 Å². The van der Waals surface area contributed by atoms with E-state index in [1.807, 2.05) is 27.5 Å². The summed E-state index contributed by atoms with van der Waals surface area (Å²) in [5, 5.41) is 0. The van der Waals surface area contributed by atoms with Crippen molar-refractivity contribution in [3.8, 4) is 0 Å². The summed E-state index contributed by atoms with van der Waals surface area (Å²) in [7, 11) is 0. The molecule has 2 aliphatic rings. The normalized spacial score (nSPS) is 26.4. The van der Waals surface area contributed by atoms with Gasteiger partial charge < -0.3 is 9.64 Å². The maximum Gasteiger partial charge on any atom is 0.255 e. The fourth-order valence-electron chi connectivity index (χ4n) is 2.61. The van der Waals surface area contributed by atoms with E-state index in [9.17, 15) is 9.18 Å². The van der Waals surface area contributed by atoms with E-state index >= 15 is 0 Å². The van der Waals surface area contributed by atoms with Crippen molar-refractivity contribution >= 4 is 28.5 Å². The van der Waals surface area contributed by atoms with Crippen LogP contribution in [-0.4, -0.2) is 36.1 Å². The van der Waals surface area contributed by atoms with Gasteiger partial charge in [-0.25, -0.2) is 4.39 Å². The highest BCUT2D eigenvalue weighted by Gasteiger charge is 2.36. The molecule has 0 aromatic heterocycles. The molecule has 1 aromatic rings. The van der Waals surface area contributed by atoms with E-state index in [-0.39, 0.29) is 23.9 Å². The Balaban J connectivity index is 1.82. The lowest BCUT2D eigenvalue weighted by molar-refractivity contribution is -0.0303. The molecule has 3 rings (SSSR count). The van der Waals surface area contributed by atoms with Gasteiger partial charge in [0.25, 0.3) is 5.91 Å². The number of carbonyl (C=O) groups excluding carboxylic acids is 1. The summed E-state index contributed by atoms with van der Waals surface area (Å²) in [6.45, 7) is 1.31. The van der Waals surface area contributed by atoms with Crippen molar-refractivity contribution in [2.24, 2.45) is 0 Å². The molecule has 2 heterocycles. The Kier molecular flexibility index (Phi) is 3.27. The van der Waals surface area contributed by atoms with Gasteiger partial charge in [0.05, 0.1) is 17.8 Å². The maximum absolute atomic E-state index is 13.0. The van der Waals surface area contributed by atoms with Crippen molar-refractivity contribution < 1.29 is 13.9 Å². The van der Waals surface area contributed by atoms with Crippen LogP contribution in [-0.2, 0) is 4.74 Å². The number of hydrogen-bond acceptors (Lipinski definition) is 2. The topological polar surface area (TPSA) is 29.5 Å². The van der Waals surface area contributed by atoms with Crippen molar-refractivity contribution in [3.05, 3.63) is 33.1 Å². The number of morpholine rings is 1. The lowest BCUT2D eigenvalue weighted by Gasteiger charge is -2.32. The molecule has 2 saturated heterocycles. The average molecular weight is 361 g/mol. The summed E-state index contributed by atoms with van der Waals surface area (Å²) in [6, 6.07) is 4.30. The van der Waals surface area contributed by atoms with Crippen molar-refractivity contribution in [2.75, 3.05) is 13.1 Å². The van der Waals surface area contributed by atoms with Gasteiger partial charge in [0.1, 0.15) is 5.82 Å². The van der Waals surface area contributed by atoms with E-state index in [0.29, 0.717) is 22.2 Å². The minimum Gasteiger partial charge on any atom is -0.371 e. The predicted molar refractivity (Wildman–Crippen MR) is 72.9 cm³/mol. The molecule has 0 aliphatic carbocycles. The van der Waals surface area contributed by atoms with Crippen LogP contribution in [0.5, 0.6) is 0 Å². The molecule has 2 bridgehead atoms. The number of carbonyl (C=O) groups is 1. The van der Waals surface area contributed by atoms with E-state index in [4.69, 9.17) is 4.74 Å². The van der Waals surface area contributed by atoms with Gasteiger partial charge in [0, 0.05) is 16.7 Å². The Labute approximate surface area is 118 Å². The molecule has 2 unspecified atom stereocenters. The minimum atomic E-state index is -0.307. The fourth-order valence-corrected chi connectivity index (χ4v) is 3.32. The predicted octanol–water partition coefficient (Wildman–Crippen LogP) is 2.43. The summed E-state index contributed by atoms with van der Waals surface area (Å²) in [6.07, 6.45) is 2.45. The van der Waals surface area contributed by atoms with Crippen molar-refractivity contribution in [2.45, 2.75) is 25.0 Å². The second-order valence-electron chi connectivity index (χ2n) is 4.79. The van der Waals surface area contributed by atoms with Crippen LogP contribution in [0.1, 0.15) is 23.2 Å². The third-order valence-corrected chi connectivity index (χ3v) is 4.38. The van der Waals surface area contributed by atoms with E-state index in [1.165, 1.54) is 12.1 Å². The number of rotatable bonds is 1. The zero-order valence-electron chi connectivity index (χ0n) is 9.73. The van der Waals surface area contributed by atoms with E-state index < -0.39 is 0 Å². The van der Waals surface area contributed by atoms with E-state index in [1.54, 1.807) is 6.07 Å². The summed E-state index contributed by atoms with van der Waals surface area (Å²) in [5.41, 5.74) is 0.582. The molecule has 0 saturated carbocycles. The second-order valence-corrected chi connectivity index (χ2v) is 5.95. The lowest BCUT2D eigenvalue weighted by atomic mass is 10.1. The Morgan fingerprint density at radius 1 is 1.33 bits per heavy atom. The van der Waals surface area contributed by atoms with Gasteiger partial charge in [0.15, 0.2) is 0 Å². The number of benzene rings is 1. The molecule has 18 heavy (non-hydrogen) atoms. The van der Waals surface area contributed by atoms with Gasteiger partial charge in [-0.15, -0.1) is 0 Å². The largest absolute Gasteiger partial charge is 0.371 e. The van der Waals surface area contributed by atoms with Gasteiger partial charge in [-0.05, 0) is 53.6 Å². The molecule has 2 aliphatic heterocycles. The summed E-state index contributed by atoms with van der Waals surface area (Å²) in [4.78, 5) is 14.2. The standard InChI is InChI=1S/C13H13FINO2/c14-8-1-4-11(12(15)5-8)13(17)16-6-9-2-3-10(7-16)18-9/h1,4-5,9-10H,2-3,6-7H2. The number of ether oxygens (including phenoxy) is 1. The Morgan fingerprint density at radius 3 is 2.61 bits per heavy atom. The number of nitrogens with zero attached hydrogens (tertiary/aromatic N) is 1. The molecule has 1 aromatic carbocycles. The first-order valence-electron chi connectivity index (χ1n) is 6.03. The molecule has 0 spiro atoms. The third kappa shape index (κ3) is 2.25. The first-order chi connectivity index (χ1) is 8.63. The number of fused-ring (bicyclic) bond motifs is 2. The average Bonchev–Trinajstić information content (AvgIpc) is 2.67. The minimum absolute atomic E-state index is 0.0143. The van der Waals surface area contributed by atoms with Crippen LogP contribution in [0, 0.1) is 9.39 Å². The van der Waals surface area contributed by atoms with Crippen LogP contribution < -0.4 is 0 Å². The molecule has 0 N–H and O–H groups in total. The van der Waals surface area contributed by atoms with E-state index in [2.05, 4.69) is 0 Å². The van der Waals surface area contributed by atoms with Crippen LogP contribution >= 0.6 is 22.6 Å². The summed E-state index contributed by atoms with van der Waals surface area (Å²) in [5.74, 6) is -0.322. The molecular weight excluding hydrogens is 348 g/mol. The fraction of sp³-hybridized carbons (Fsp3) is 0.462.